The first kappa shape index (κ1) is 16.0. The number of fused-ring (bicyclic) bond motifs is 2. The predicted molar refractivity (Wildman–Crippen MR) is 98.9 cm³/mol. The summed E-state index contributed by atoms with van der Waals surface area (Å²) in [5.74, 6) is 0. The third kappa shape index (κ3) is 3.56. The van der Waals surface area contributed by atoms with E-state index in [-0.39, 0.29) is 4.65 Å². The summed E-state index contributed by atoms with van der Waals surface area (Å²) < 4.78 is -0.286. The maximum atomic E-state index is 11.8. The molecule has 23 heavy (non-hydrogen) atoms. The molecule has 0 aromatic heterocycles. The Morgan fingerprint density at radius 3 is 2.52 bits per heavy atom. The number of hydrogen-bond acceptors (Lipinski definition) is 1. The number of hydroxylamine groups is 3. The number of nitrogens with zero attached hydrogens (tertiary/aromatic N) is 1. The molecule has 2 aromatic rings. The fourth-order valence-electron chi connectivity index (χ4n) is 2.89. The molecule has 0 radical (unpaired) electrons. The second-order valence-corrected chi connectivity index (χ2v) is 6.73. The van der Waals surface area contributed by atoms with Crippen molar-refractivity contribution in [2.75, 3.05) is 20.6 Å². The van der Waals surface area contributed by atoms with Crippen molar-refractivity contribution in [1.82, 2.24) is 0 Å². The van der Waals surface area contributed by atoms with Crippen molar-refractivity contribution in [3.8, 4) is 0 Å². The van der Waals surface area contributed by atoms with Crippen molar-refractivity contribution in [2.45, 2.75) is 6.42 Å². The number of quaternary nitrogens is 1. The molecule has 0 aliphatic heterocycles. The van der Waals surface area contributed by atoms with Gasteiger partial charge < -0.3 is 9.85 Å². The van der Waals surface area contributed by atoms with Crippen LogP contribution in [0.1, 0.15) is 28.7 Å². The second kappa shape index (κ2) is 6.32. The van der Waals surface area contributed by atoms with Crippen LogP contribution in [-0.4, -0.2) is 25.3 Å². The molecule has 0 bridgehead atoms. The Balaban J connectivity index is 2.12. The second-order valence-electron chi connectivity index (χ2n) is 6.33. The number of rotatable bonds is 3. The van der Waals surface area contributed by atoms with Crippen LogP contribution in [0.5, 0.6) is 0 Å². The lowest BCUT2D eigenvalue weighted by molar-refractivity contribution is -0.839. The Kier molecular flexibility index (Phi) is 4.40. The van der Waals surface area contributed by atoms with Crippen LogP contribution >= 0.6 is 11.6 Å². The fourth-order valence-corrected chi connectivity index (χ4v) is 3.12. The first-order valence-corrected chi connectivity index (χ1v) is 8.14. The number of benzene rings is 2. The van der Waals surface area contributed by atoms with E-state index in [0.717, 1.165) is 28.1 Å². The third-order valence-corrected chi connectivity index (χ3v) is 4.37. The van der Waals surface area contributed by atoms with E-state index in [4.69, 9.17) is 11.6 Å². The first-order chi connectivity index (χ1) is 11.0. The van der Waals surface area contributed by atoms with E-state index in [1.165, 1.54) is 11.1 Å². The third-order valence-electron chi connectivity index (χ3n) is 4.04. The van der Waals surface area contributed by atoms with Gasteiger partial charge in [-0.05, 0) is 28.3 Å². The molecule has 118 valence electrons. The summed E-state index contributed by atoms with van der Waals surface area (Å²) in [7, 11) is 3.35. The van der Waals surface area contributed by atoms with Crippen molar-refractivity contribution in [2.24, 2.45) is 0 Å². The van der Waals surface area contributed by atoms with E-state index in [1.807, 2.05) is 24.3 Å². The molecule has 0 N–H and O–H groups in total. The fraction of sp³-hybridized carbons (Fsp3) is 0.200. The summed E-state index contributed by atoms with van der Waals surface area (Å²) in [4.78, 5) is 0. The number of halogens is 1. The van der Waals surface area contributed by atoms with Gasteiger partial charge in [-0.25, -0.2) is 0 Å². The highest BCUT2D eigenvalue weighted by atomic mass is 35.5. The molecule has 0 spiro atoms. The lowest BCUT2D eigenvalue weighted by Crippen LogP contribution is -2.32. The van der Waals surface area contributed by atoms with Crippen molar-refractivity contribution < 1.29 is 4.65 Å². The molecule has 0 amide bonds. The number of hydrogen-bond donors (Lipinski definition) is 0. The largest absolute Gasteiger partial charge is 0.633 e. The zero-order valence-corrected chi connectivity index (χ0v) is 14.2. The van der Waals surface area contributed by atoms with Gasteiger partial charge in [0, 0.05) is 17.0 Å². The van der Waals surface area contributed by atoms with E-state index in [1.54, 1.807) is 14.1 Å². The van der Waals surface area contributed by atoms with Crippen molar-refractivity contribution in [1.29, 1.82) is 0 Å². The average Bonchev–Trinajstić information content (AvgIpc) is 2.65. The van der Waals surface area contributed by atoms with Crippen molar-refractivity contribution >= 4 is 29.3 Å². The molecule has 2 nitrogen and oxygen atoms in total. The smallest absolute Gasteiger partial charge is 0.0815 e. The van der Waals surface area contributed by atoms with Gasteiger partial charge in [-0.1, -0.05) is 66.2 Å². The van der Waals surface area contributed by atoms with Crippen LogP contribution in [0.3, 0.4) is 0 Å². The van der Waals surface area contributed by atoms with Gasteiger partial charge in [0.1, 0.15) is 0 Å². The Morgan fingerprint density at radius 2 is 1.74 bits per heavy atom. The van der Waals surface area contributed by atoms with Gasteiger partial charge in [0.25, 0.3) is 0 Å². The predicted octanol–water partition coefficient (Wildman–Crippen LogP) is 5.22. The van der Waals surface area contributed by atoms with Crippen LogP contribution < -0.4 is 0 Å². The van der Waals surface area contributed by atoms with Gasteiger partial charge >= 0.3 is 0 Å². The molecule has 0 saturated heterocycles. The van der Waals surface area contributed by atoms with Crippen LogP contribution in [0.2, 0.25) is 5.02 Å². The molecule has 2 aromatic carbocycles. The van der Waals surface area contributed by atoms with Gasteiger partial charge in [-0.15, -0.1) is 0 Å². The highest BCUT2D eigenvalue weighted by Crippen LogP contribution is 2.36. The molecule has 0 heterocycles. The molecule has 1 aliphatic carbocycles. The minimum absolute atomic E-state index is 0.286. The minimum Gasteiger partial charge on any atom is -0.633 e. The summed E-state index contributed by atoms with van der Waals surface area (Å²) in [5, 5.41) is 12.6. The molecule has 0 atom stereocenters. The molecular weight excluding hydrogens is 306 g/mol. The van der Waals surface area contributed by atoms with Gasteiger partial charge in [0.2, 0.25) is 0 Å². The summed E-state index contributed by atoms with van der Waals surface area (Å²) in [6.07, 6.45) is 7.07. The van der Waals surface area contributed by atoms with Crippen LogP contribution in [0.25, 0.3) is 17.7 Å². The molecular formula is C20H20ClNO. The molecule has 0 saturated carbocycles. The Hall–Kier alpha value is -1.87. The molecule has 3 rings (SSSR count). The van der Waals surface area contributed by atoms with Gasteiger partial charge in [0.15, 0.2) is 0 Å². The molecule has 1 aliphatic rings. The summed E-state index contributed by atoms with van der Waals surface area (Å²) in [6.45, 7) is 0.551. The van der Waals surface area contributed by atoms with Crippen molar-refractivity contribution in [3.63, 3.8) is 0 Å². The summed E-state index contributed by atoms with van der Waals surface area (Å²) in [5.41, 5.74) is 5.65. The maximum absolute atomic E-state index is 11.8. The van der Waals surface area contributed by atoms with Crippen LogP contribution in [-0.2, 0) is 0 Å². The molecule has 3 heteroatoms. The average molecular weight is 326 g/mol. The van der Waals surface area contributed by atoms with E-state index >= 15 is 0 Å². The highest BCUT2D eigenvalue weighted by Gasteiger charge is 2.16. The monoisotopic (exact) mass is 325 g/mol. The lowest BCUT2D eigenvalue weighted by atomic mass is 9.92. The minimum atomic E-state index is -0.286. The normalized spacial score (nSPS) is 15.2. The van der Waals surface area contributed by atoms with E-state index < -0.39 is 0 Å². The summed E-state index contributed by atoms with van der Waals surface area (Å²) >= 11 is 6.40. The Labute approximate surface area is 142 Å². The quantitative estimate of drug-likeness (QED) is 0.478. The molecule has 0 fully saturated rings. The zero-order valence-electron chi connectivity index (χ0n) is 13.4. The Morgan fingerprint density at radius 1 is 1.00 bits per heavy atom. The van der Waals surface area contributed by atoms with Gasteiger partial charge in [0.05, 0.1) is 20.6 Å². The zero-order chi connectivity index (χ0) is 16.4. The van der Waals surface area contributed by atoms with E-state index in [9.17, 15) is 5.21 Å². The standard InChI is InChI=1S/C20H20ClNO/c1-22(2,23)14-6-10-17-16-8-4-3-7-15(16)12-13-19-18(17)9-5-11-20(19)21/h3-5,7-13H,6,14H2,1-2H3/b17-10+. The first-order valence-electron chi connectivity index (χ1n) is 7.76. The highest BCUT2D eigenvalue weighted by molar-refractivity contribution is 6.32. The maximum Gasteiger partial charge on any atom is 0.0815 e. The van der Waals surface area contributed by atoms with Gasteiger partial charge in [-0.2, -0.15) is 0 Å². The van der Waals surface area contributed by atoms with Gasteiger partial charge in [-0.3, -0.25) is 0 Å². The molecule has 0 unspecified atom stereocenters. The van der Waals surface area contributed by atoms with E-state index in [2.05, 4.69) is 36.4 Å². The van der Waals surface area contributed by atoms with Crippen LogP contribution in [0.4, 0.5) is 0 Å². The van der Waals surface area contributed by atoms with Crippen LogP contribution in [0.15, 0.2) is 48.5 Å². The van der Waals surface area contributed by atoms with E-state index in [0.29, 0.717) is 6.54 Å². The topological polar surface area (TPSA) is 23.1 Å². The van der Waals surface area contributed by atoms with Crippen molar-refractivity contribution in [3.05, 3.63) is 81.0 Å². The Bertz CT molecular complexity index is 784. The SMILES string of the molecule is C[N+](C)([O-])CC/C=C1\c2ccccc2C=Cc2c(Cl)cccc21. The summed E-state index contributed by atoms with van der Waals surface area (Å²) in [6, 6.07) is 14.3. The lowest BCUT2D eigenvalue weighted by Gasteiger charge is -2.33. The van der Waals surface area contributed by atoms with Crippen LogP contribution in [0, 0.1) is 5.21 Å².